The zero-order chi connectivity index (χ0) is 23.2. The second-order valence-electron chi connectivity index (χ2n) is 8.45. The van der Waals surface area contributed by atoms with Crippen LogP contribution in [-0.2, 0) is 30.3 Å². The number of carbonyl (C=O) groups is 4. The first-order valence-electron chi connectivity index (χ1n) is 10.6. The number of esters is 1. The van der Waals surface area contributed by atoms with Crippen LogP contribution in [0.2, 0.25) is 0 Å². The average molecular weight is 635 g/mol. The summed E-state index contributed by atoms with van der Waals surface area (Å²) >= 11 is 10.7. The van der Waals surface area contributed by atoms with Crippen LogP contribution in [0.5, 0.6) is 0 Å². The van der Waals surface area contributed by atoms with Crippen molar-refractivity contribution in [3.63, 3.8) is 0 Å². The molecule has 1 aromatic rings. The number of amides is 3. The van der Waals surface area contributed by atoms with E-state index in [4.69, 9.17) is 4.74 Å². The lowest BCUT2D eigenvalue weighted by Gasteiger charge is -2.28. The Morgan fingerprint density at radius 3 is 2.34 bits per heavy atom. The van der Waals surface area contributed by atoms with Crippen LogP contribution < -0.4 is 5.32 Å². The van der Waals surface area contributed by atoms with Gasteiger partial charge in [-0.1, -0.05) is 54.7 Å². The van der Waals surface area contributed by atoms with Gasteiger partial charge in [-0.3, -0.25) is 24.1 Å². The second-order valence-corrected chi connectivity index (χ2v) is 11.5. The lowest BCUT2D eigenvalue weighted by molar-refractivity contribution is -0.149. The van der Waals surface area contributed by atoms with Crippen molar-refractivity contribution in [2.75, 3.05) is 18.5 Å². The van der Waals surface area contributed by atoms with Crippen LogP contribution in [0.25, 0.3) is 0 Å². The Balaban J connectivity index is 1.26. The van der Waals surface area contributed by atoms with Gasteiger partial charge in [-0.05, 0) is 48.4 Å². The SMILES string of the molecule is CCc1cc(Br)ccc1NC(=O)COC(=O)CCN1C(=O)[C@@H]2[C@H]3C[C@@H]([C@H](Br)[C@H]3Br)[C@@H]2C1=O. The number of fused-ring (bicyclic) bond motifs is 5. The van der Waals surface area contributed by atoms with Gasteiger partial charge in [-0.25, -0.2) is 0 Å². The fraction of sp³-hybridized carbons (Fsp3) is 0.545. The molecule has 10 heteroatoms. The van der Waals surface area contributed by atoms with E-state index >= 15 is 0 Å². The Morgan fingerprint density at radius 1 is 1.12 bits per heavy atom. The minimum atomic E-state index is -0.621. The highest BCUT2D eigenvalue weighted by molar-refractivity contribution is 9.12. The number of carbonyl (C=O) groups excluding carboxylic acids is 4. The third-order valence-electron chi connectivity index (χ3n) is 6.70. The van der Waals surface area contributed by atoms with E-state index in [-0.39, 0.29) is 58.1 Å². The van der Waals surface area contributed by atoms with Crippen molar-refractivity contribution in [1.29, 1.82) is 0 Å². The third-order valence-corrected chi connectivity index (χ3v) is 10.4. The number of ether oxygens (including phenoxy) is 1. The molecule has 4 rings (SSSR count). The average Bonchev–Trinajstić information content (AvgIpc) is 3.37. The van der Waals surface area contributed by atoms with E-state index in [0.29, 0.717) is 5.69 Å². The maximum atomic E-state index is 12.9. The number of halogens is 3. The molecule has 1 saturated heterocycles. The molecule has 2 aliphatic carbocycles. The number of nitrogens with zero attached hydrogens (tertiary/aromatic N) is 1. The van der Waals surface area contributed by atoms with E-state index < -0.39 is 18.5 Å². The molecule has 3 aliphatic rings. The molecule has 1 aliphatic heterocycles. The number of imide groups is 1. The zero-order valence-corrected chi connectivity index (χ0v) is 22.1. The number of anilines is 1. The van der Waals surface area contributed by atoms with Crippen LogP contribution in [0.15, 0.2) is 22.7 Å². The van der Waals surface area contributed by atoms with Gasteiger partial charge in [0.1, 0.15) is 0 Å². The number of aryl methyl sites for hydroxylation is 1. The zero-order valence-electron chi connectivity index (χ0n) is 17.4. The quantitative estimate of drug-likeness (QED) is 0.281. The van der Waals surface area contributed by atoms with Crippen molar-refractivity contribution >= 4 is 77.2 Å². The van der Waals surface area contributed by atoms with E-state index in [9.17, 15) is 19.2 Å². The molecule has 3 amide bonds. The standard InChI is InChI=1S/C22H23Br3N2O5/c1-2-10-7-11(23)3-4-14(10)26-15(28)9-32-16(29)5-6-27-21(30)17-12-8-13(18(17)22(27)31)20(25)19(12)24/h3-4,7,12-13,17-20H,2,5-6,8-9H2,1H3,(H,26,28)/t12-,13-,17-,18+,19+,20+/m1/s1. The van der Waals surface area contributed by atoms with Crippen LogP contribution in [0, 0.1) is 23.7 Å². The van der Waals surface area contributed by atoms with Crippen LogP contribution in [0.4, 0.5) is 5.69 Å². The topological polar surface area (TPSA) is 92.8 Å². The molecule has 1 aromatic carbocycles. The summed E-state index contributed by atoms with van der Waals surface area (Å²) in [7, 11) is 0. The molecule has 6 atom stereocenters. The van der Waals surface area contributed by atoms with E-state index in [0.717, 1.165) is 22.9 Å². The summed E-state index contributed by atoms with van der Waals surface area (Å²) in [6.45, 7) is 1.54. The van der Waals surface area contributed by atoms with Gasteiger partial charge in [0, 0.05) is 26.4 Å². The first kappa shape index (κ1) is 23.9. The highest BCUT2D eigenvalue weighted by Gasteiger charge is 2.66. The minimum Gasteiger partial charge on any atom is -0.456 e. The maximum Gasteiger partial charge on any atom is 0.308 e. The summed E-state index contributed by atoms with van der Waals surface area (Å²) in [5.41, 5.74) is 1.63. The maximum absolute atomic E-state index is 12.9. The smallest absolute Gasteiger partial charge is 0.308 e. The summed E-state index contributed by atoms with van der Waals surface area (Å²) in [6, 6.07) is 5.52. The van der Waals surface area contributed by atoms with Crippen molar-refractivity contribution in [2.24, 2.45) is 23.7 Å². The fourth-order valence-corrected chi connectivity index (χ4v) is 7.50. The number of likely N-dealkylation sites (tertiary alicyclic amines) is 1. The predicted octanol–water partition coefficient (Wildman–Crippen LogP) is 3.66. The molecule has 0 aromatic heterocycles. The van der Waals surface area contributed by atoms with Crippen LogP contribution in [0.1, 0.15) is 25.3 Å². The largest absolute Gasteiger partial charge is 0.456 e. The van der Waals surface area contributed by atoms with Gasteiger partial charge in [0.15, 0.2) is 6.61 Å². The summed E-state index contributed by atoms with van der Waals surface area (Å²) in [4.78, 5) is 51.6. The van der Waals surface area contributed by atoms with Gasteiger partial charge in [0.2, 0.25) is 11.8 Å². The van der Waals surface area contributed by atoms with Gasteiger partial charge in [0.25, 0.3) is 5.91 Å². The molecule has 3 fully saturated rings. The summed E-state index contributed by atoms with van der Waals surface area (Å²) < 4.78 is 5.98. The Bertz CT molecular complexity index is 939. The molecular formula is C22H23Br3N2O5. The molecule has 2 saturated carbocycles. The van der Waals surface area contributed by atoms with Crippen molar-refractivity contribution in [2.45, 2.75) is 35.8 Å². The summed E-state index contributed by atoms with van der Waals surface area (Å²) in [6.07, 6.45) is 1.47. The van der Waals surface area contributed by atoms with Crippen LogP contribution >= 0.6 is 47.8 Å². The van der Waals surface area contributed by atoms with Gasteiger partial charge in [-0.15, -0.1) is 0 Å². The number of hydrogen-bond donors (Lipinski definition) is 1. The monoisotopic (exact) mass is 632 g/mol. The van der Waals surface area contributed by atoms with E-state index in [2.05, 4.69) is 53.1 Å². The van der Waals surface area contributed by atoms with Gasteiger partial charge >= 0.3 is 5.97 Å². The summed E-state index contributed by atoms with van der Waals surface area (Å²) in [5, 5.41) is 2.74. The first-order valence-corrected chi connectivity index (χ1v) is 13.2. The fourth-order valence-electron chi connectivity index (χ4n) is 5.22. The molecule has 2 bridgehead atoms. The van der Waals surface area contributed by atoms with Gasteiger partial charge < -0.3 is 10.1 Å². The third kappa shape index (κ3) is 4.30. The van der Waals surface area contributed by atoms with Crippen molar-refractivity contribution < 1.29 is 23.9 Å². The number of nitrogens with one attached hydrogen (secondary N) is 1. The number of rotatable bonds is 7. The van der Waals surface area contributed by atoms with E-state index in [1.165, 1.54) is 4.90 Å². The Labute approximate surface area is 211 Å². The van der Waals surface area contributed by atoms with E-state index in [1.54, 1.807) is 6.07 Å². The molecule has 172 valence electrons. The van der Waals surface area contributed by atoms with Crippen molar-refractivity contribution in [3.05, 3.63) is 28.2 Å². The van der Waals surface area contributed by atoms with E-state index in [1.807, 2.05) is 19.1 Å². The number of hydrogen-bond acceptors (Lipinski definition) is 5. The summed E-state index contributed by atoms with van der Waals surface area (Å²) in [5.74, 6) is -1.77. The highest BCUT2D eigenvalue weighted by Crippen LogP contribution is 2.60. The molecule has 0 radical (unpaired) electrons. The molecular weight excluding hydrogens is 612 g/mol. The molecule has 32 heavy (non-hydrogen) atoms. The molecule has 1 N–H and O–H groups in total. The number of alkyl halides is 2. The Morgan fingerprint density at radius 2 is 1.75 bits per heavy atom. The lowest BCUT2D eigenvalue weighted by atomic mass is 9.81. The lowest BCUT2D eigenvalue weighted by Crippen LogP contribution is -2.37. The Hall–Kier alpha value is -1.26. The Kier molecular flexibility index (Phi) is 7.12. The highest BCUT2D eigenvalue weighted by atomic mass is 79.9. The van der Waals surface area contributed by atoms with Gasteiger partial charge in [0.05, 0.1) is 18.3 Å². The molecule has 1 heterocycles. The van der Waals surface area contributed by atoms with Crippen molar-refractivity contribution in [1.82, 2.24) is 4.90 Å². The second kappa shape index (κ2) is 9.54. The number of benzene rings is 1. The van der Waals surface area contributed by atoms with Crippen LogP contribution in [-0.4, -0.2) is 51.4 Å². The molecule has 0 unspecified atom stereocenters. The van der Waals surface area contributed by atoms with Crippen molar-refractivity contribution in [3.8, 4) is 0 Å². The molecule has 0 spiro atoms. The van der Waals surface area contributed by atoms with Gasteiger partial charge in [-0.2, -0.15) is 0 Å². The molecule has 7 nitrogen and oxygen atoms in total. The minimum absolute atomic E-state index is 0.0167. The predicted molar refractivity (Wildman–Crippen MR) is 128 cm³/mol. The first-order chi connectivity index (χ1) is 15.2. The normalized spacial score (nSPS) is 30.6. The van der Waals surface area contributed by atoms with Crippen LogP contribution in [0.3, 0.4) is 0 Å².